The van der Waals surface area contributed by atoms with Crippen molar-refractivity contribution >= 4 is 22.9 Å². The van der Waals surface area contributed by atoms with E-state index < -0.39 is 0 Å². The minimum atomic E-state index is -0.0406. The van der Waals surface area contributed by atoms with Crippen molar-refractivity contribution in [1.29, 1.82) is 0 Å². The van der Waals surface area contributed by atoms with Crippen molar-refractivity contribution in [2.45, 2.75) is 6.92 Å². The van der Waals surface area contributed by atoms with E-state index in [0.29, 0.717) is 16.1 Å². The van der Waals surface area contributed by atoms with Gasteiger partial charge in [0.15, 0.2) is 5.78 Å². The predicted molar refractivity (Wildman–Crippen MR) is 129 cm³/mol. The standard InChI is InChI=1S/C15H13N.C13H9ClO/c1-12-14(13-7-3-2-4-8-13)11-16-10-6-5-9-15(12)16;14-12-9-5-4-8-11(12)13(15)10-6-2-1-3-7-10/h2-11H,1H3;1-9H. The van der Waals surface area contributed by atoms with Gasteiger partial charge in [-0.15, -0.1) is 0 Å². The largest absolute Gasteiger partial charge is 0.323 e. The number of rotatable bonds is 3. The molecule has 5 aromatic rings. The fraction of sp³-hybridized carbons (Fsp3) is 0.0357. The zero-order valence-corrected chi connectivity index (χ0v) is 18.0. The van der Waals surface area contributed by atoms with Crippen LogP contribution >= 0.6 is 11.6 Å². The molecule has 0 amide bonds. The molecule has 0 unspecified atom stereocenters. The van der Waals surface area contributed by atoms with Crippen LogP contribution in [0.4, 0.5) is 0 Å². The molecule has 3 heteroatoms. The monoisotopic (exact) mass is 423 g/mol. The summed E-state index contributed by atoms with van der Waals surface area (Å²) in [7, 11) is 0. The van der Waals surface area contributed by atoms with Crippen LogP contribution in [0, 0.1) is 6.92 Å². The number of fused-ring (bicyclic) bond motifs is 1. The Morgan fingerprint density at radius 1 is 0.742 bits per heavy atom. The minimum Gasteiger partial charge on any atom is -0.323 e. The van der Waals surface area contributed by atoms with Crippen LogP contribution in [0.2, 0.25) is 5.02 Å². The number of benzene rings is 3. The lowest BCUT2D eigenvalue weighted by Gasteiger charge is -2.02. The summed E-state index contributed by atoms with van der Waals surface area (Å²) in [6.07, 6.45) is 4.29. The number of pyridine rings is 1. The maximum absolute atomic E-state index is 12.0. The minimum absolute atomic E-state index is 0.0406. The highest BCUT2D eigenvalue weighted by Gasteiger charge is 2.11. The fourth-order valence-electron chi connectivity index (χ4n) is 3.56. The third-order valence-electron chi connectivity index (χ3n) is 5.19. The SMILES string of the molecule is Cc1c(-c2ccccc2)cn2ccccc12.O=C(c1ccccc1)c1ccccc1Cl. The maximum atomic E-state index is 12.0. The summed E-state index contributed by atoms with van der Waals surface area (Å²) in [5, 5.41) is 0.492. The van der Waals surface area contributed by atoms with Crippen LogP contribution in [0.15, 0.2) is 116 Å². The van der Waals surface area contributed by atoms with Crippen LogP contribution in [0.1, 0.15) is 21.5 Å². The number of hydrogen-bond acceptors (Lipinski definition) is 1. The van der Waals surface area contributed by atoms with Crippen LogP contribution in [0.3, 0.4) is 0 Å². The van der Waals surface area contributed by atoms with E-state index in [4.69, 9.17) is 11.6 Å². The summed E-state index contributed by atoms with van der Waals surface area (Å²) in [5.41, 5.74) is 6.42. The topological polar surface area (TPSA) is 21.5 Å². The van der Waals surface area contributed by atoms with Gasteiger partial charge >= 0.3 is 0 Å². The van der Waals surface area contributed by atoms with E-state index in [2.05, 4.69) is 72.2 Å². The van der Waals surface area contributed by atoms with Crippen molar-refractivity contribution in [3.8, 4) is 11.1 Å². The second kappa shape index (κ2) is 9.46. The number of carbonyl (C=O) groups excluding carboxylic acids is 1. The summed E-state index contributed by atoms with van der Waals surface area (Å²) in [5.74, 6) is -0.0406. The molecule has 0 atom stereocenters. The van der Waals surface area contributed by atoms with Crippen molar-refractivity contribution in [3.63, 3.8) is 0 Å². The van der Waals surface area contributed by atoms with E-state index in [0.717, 1.165) is 0 Å². The normalized spacial score (nSPS) is 10.4. The van der Waals surface area contributed by atoms with Crippen LogP contribution in [0.5, 0.6) is 0 Å². The van der Waals surface area contributed by atoms with Crippen molar-refractivity contribution in [2.75, 3.05) is 0 Å². The zero-order chi connectivity index (χ0) is 21.6. The van der Waals surface area contributed by atoms with E-state index in [-0.39, 0.29) is 5.78 Å². The molecule has 0 aliphatic carbocycles. The molecule has 2 aromatic heterocycles. The Hall–Kier alpha value is -3.62. The Balaban J connectivity index is 0.000000150. The van der Waals surface area contributed by atoms with Crippen molar-refractivity contribution in [3.05, 3.63) is 137 Å². The molecular formula is C28H22ClNO. The first-order valence-electron chi connectivity index (χ1n) is 10.1. The molecule has 0 spiro atoms. The van der Waals surface area contributed by atoms with E-state index in [1.807, 2.05) is 30.3 Å². The number of nitrogens with zero attached hydrogens (tertiary/aromatic N) is 1. The number of aryl methyl sites for hydroxylation is 1. The van der Waals surface area contributed by atoms with Gasteiger partial charge in [-0.05, 0) is 42.3 Å². The molecule has 0 radical (unpaired) electrons. The van der Waals surface area contributed by atoms with E-state index in [1.165, 1.54) is 22.2 Å². The molecule has 0 saturated heterocycles. The molecule has 152 valence electrons. The third kappa shape index (κ3) is 4.60. The van der Waals surface area contributed by atoms with Gasteiger partial charge in [-0.2, -0.15) is 0 Å². The summed E-state index contributed by atoms with van der Waals surface area (Å²) >= 11 is 5.95. The molecule has 2 nitrogen and oxygen atoms in total. The van der Waals surface area contributed by atoms with Gasteiger partial charge in [0.05, 0.1) is 5.02 Å². The molecule has 0 saturated carbocycles. The van der Waals surface area contributed by atoms with Crippen molar-refractivity contribution < 1.29 is 4.79 Å². The number of carbonyl (C=O) groups is 1. The number of ketones is 1. The second-order valence-electron chi connectivity index (χ2n) is 7.20. The number of hydrogen-bond donors (Lipinski definition) is 0. The Kier molecular flexibility index (Phi) is 6.30. The highest BCUT2D eigenvalue weighted by molar-refractivity contribution is 6.34. The highest BCUT2D eigenvalue weighted by Crippen LogP contribution is 2.27. The molecule has 0 N–H and O–H groups in total. The molecule has 0 aliphatic rings. The first-order chi connectivity index (χ1) is 15.1. The average Bonchev–Trinajstić information content (AvgIpc) is 3.17. The molecule has 3 aromatic carbocycles. The summed E-state index contributed by atoms with van der Waals surface area (Å²) < 4.78 is 2.18. The second-order valence-corrected chi connectivity index (χ2v) is 7.61. The van der Waals surface area contributed by atoms with Gasteiger partial charge in [-0.25, -0.2) is 0 Å². The Labute approximate surface area is 187 Å². The molecular weight excluding hydrogens is 402 g/mol. The van der Waals surface area contributed by atoms with Crippen LogP contribution in [-0.4, -0.2) is 10.2 Å². The van der Waals surface area contributed by atoms with E-state index in [9.17, 15) is 4.79 Å². The summed E-state index contributed by atoms with van der Waals surface area (Å²) in [6.45, 7) is 2.18. The van der Waals surface area contributed by atoms with Crippen molar-refractivity contribution in [1.82, 2.24) is 4.40 Å². The Morgan fingerprint density at radius 2 is 1.35 bits per heavy atom. The zero-order valence-electron chi connectivity index (χ0n) is 17.2. The number of aromatic nitrogens is 1. The molecule has 0 bridgehead atoms. The van der Waals surface area contributed by atoms with Gasteiger partial charge in [-0.1, -0.05) is 90.5 Å². The smallest absolute Gasteiger partial charge is 0.194 e. The highest BCUT2D eigenvalue weighted by atomic mass is 35.5. The molecule has 0 fully saturated rings. The summed E-state index contributed by atoms with van der Waals surface area (Å²) in [6, 6.07) is 33.0. The van der Waals surface area contributed by atoms with E-state index >= 15 is 0 Å². The average molecular weight is 424 g/mol. The predicted octanol–water partition coefficient (Wildman–Crippen LogP) is 7.49. The number of halogens is 1. The van der Waals surface area contributed by atoms with Crippen LogP contribution in [-0.2, 0) is 0 Å². The molecule has 31 heavy (non-hydrogen) atoms. The van der Waals surface area contributed by atoms with Gasteiger partial charge < -0.3 is 4.40 Å². The maximum Gasteiger partial charge on any atom is 0.194 e. The van der Waals surface area contributed by atoms with Gasteiger partial charge in [0.2, 0.25) is 0 Å². The summed E-state index contributed by atoms with van der Waals surface area (Å²) in [4.78, 5) is 12.0. The van der Waals surface area contributed by atoms with Crippen LogP contribution in [0.25, 0.3) is 16.6 Å². The fourth-order valence-corrected chi connectivity index (χ4v) is 3.78. The molecule has 2 heterocycles. The van der Waals surface area contributed by atoms with Gasteiger partial charge in [0.1, 0.15) is 0 Å². The molecule has 0 aliphatic heterocycles. The third-order valence-corrected chi connectivity index (χ3v) is 5.52. The molecule has 5 rings (SSSR count). The first kappa shape index (κ1) is 20.6. The van der Waals surface area contributed by atoms with Crippen molar-refractivity contribution in [2.24, 2.45) is 0 Å². The lowest BCUT2D eigenvalue weighted by Crippen LogP contribution is -2.01. The Morgan fingerprint density at radius 3 is 2.03 bits per heavy atom. The lowest BCUT2D eigenvalue weighted by molar-refractivity contribution is 0.103. The van der Waals surface area contributed by atoms with Gasteiger partial charge in [0, 0.05) is 34.6 Å². The van der Waals surface area contributed by atoms with Gasteiger partial charge in [-0.3, -0.25) is 4.79 Å². The van der Waals surface area contributed by atoms with Gasteiger partial charge in [0.25, 0.3) is 0 Å². The van der Waals surface area contributed by atoms with Crippen LogP contribution < -0.4 is 0 Å². The quantitative estimate of drug-likeness (QED) is 0.275. The first-order valence-corrected chi connectivity index (χ1v) is 10.5. The lowest BCUT2D eigenvalue weighted by atomic mass is 10.0. The van der Waals surface area contributed by atoms with E-state index in [1.54, 1.807) is 24.3 Å². The Bertz CT molecular complexity index is 1310.